The normalized spacial score (nSPS) is 12.3. The molecule has 136 valence electrons. The summed E-state index contributed by atoms with van der Waals surface area (Å²) in [5.74, 6) is 0.974. The molecule has 3 aromatic rings. The first-order chi connectivity index (χ1) is 12.5. The second-order valence-electron chi connectivity index (χ2n) is 7.01. The molecule has 0 radical (unpaired) electrons. The van der Waals surface area contributed by atoms with Gasteiger partial charge in [-0.25, -0.2) is 4.98 Å². The second-order valence-corrected chi connectivity index (χ2v) is 7.01. The van der Waals surface area contributed by atoms with Crippen LogP contribution in [-0.4, -0.2) is 15.5 Å². The Morgan fingerprint density at radius 3 is 2.73 bits per heavy atom. The second kappa shape index (κ2) is 7.73. The molecule has 0 aliphatic rings. The summed E-state index contributed by atoms with van der Waals surface area (Å²) >= 11 is 0. The van der Waals surface area contributed by atoms with Crippen LogP contribution in [0.15, 0.2) is 42.5 Å². The number of para-hydroxylation sites is 2. The van der Waals surface area contributed by atoms with Crippen LogP contribution < -0.4 is 5.32 Å². The van der Waals surface area contributed by atoms with Crippen LogP contribution in [0.2, 0.25) is 0 Å². The lowest BCUT2D eigenvalue weighted by Crippen LogP contribution is -2.28. The first-order valence-corrected chi connectivity index (χ1v) is 9.30. The molecule has 1 heterocycles. The summed E-state index contributed by atoms with van der Waals surface area (Å²) in [6.07, 6.45) is 1.39. The fourth-order valence-corrected chi connectivity index (χ4v) is 3.34. The number of aryl methyl sites for hydroxylation is 2. The number of carbonyl (C=O) groups excluding carboxylic acids is 1. The van der Waals surface area contributed by atoms with E-state index in [0.717, 1.165) is 29.8 Å². The molecular weight excluding hydrogens is 322 g/mol. The van der Waals surface area contributed by atoms with Gasteiger partial charge < -0.3 is 9.88 Å². The van der Waals surface area contributed by atoms with Crippen LogP contribution >= 0.6 is 0 Å². The molecule has 0 aliphatic heterocycles. The molecule has 0 unspecified atom stereocenters. The van der Waals surface area contributed by atoms with Crippen molar-refractivity contribution in [3.8, 4) is 0 Å². The van der Waals surface area contributed by atoms with Gasteiger partial charge in [0.15, 0.2) is 0 Å². The number of benzene rings is 2. The third-order valence-corrected chi connectivity index (χ3v) is 4.76. The molecule has 3 rings (SSSR count). The van der Waals surface area contributed by atoms with Gasteiger partial charge in [-0.2, -0.15) is 0 Å². The molecule has 4 heteroatoms. The zero-order valence-corrected chi connectivity index (χ0v) is 16.0. The minimum absolute atomic E-state index is 0.0744. The van der Waals surface area contributed by atoms with Crippen LogP contribution in [0, 0.1) is 13.8 Å². The smallest absolute Gasteiger partial charge is 0.220 e. The lowest BCUT2D eigenvalue weighted by Gasteiger charge is -2.17. The zero-order chi connectivity index (χ0) is 18.7. The van der Waals surface area contributed by atoms with Crippen LogP contribution in [0.1, 0.15) is 55.2 Å². The van der Waals surface area contributed by atoms with Crippen molar-refractivity contribution in [2.45, 2.75) is 53.1 Å². The summed E-state index contributed by atoms with van der Waals surface area (Å²) in [6, 6.07) is 14.6. The van der Waals surface area contributed by atoms with E-state index in [1.54, 1.807) is 0 Å². The Morgan fingerprint density at radius 2 is 1.96 bits per heavy atom. The Kier molecular flexibility index (Phi) is 5.40. The molecule has 1 aromatic heterocycles. The van der Waals surface area contributed by atoms with E-state index in [0.29, 0.717) is 6.42 Å². The number of amides is 1. The summed E-state index contributed by atoms with van der Waals surface area (Å²) in [6.45, 7) is 9.02. The molecule has 0 saturated carbocycles. The van der Waals surface area contributed by atoms with Gasteiger partial charge in [0.1, 0.15) is 5.82 Å². The number of nitrogens with zero attached hydrogens (tertiary/aromatic N) is 2. The quantitative estimate of drug-likeness (QED) is 0.702. The van der Waals surface area contributed by atoms with Crippen molar-refractivity contribution in [2.75, 3.05) is 0 Å². The van der Waals surface area contributed by atoms with E-state index >= 15 is 0 Å². The number of hydrogen-bond acceptors (Lipinski definition) is 2. The molecule has 0 aliphatic carbocycles. The maximum Gasteiger partial charge on any atom is 0.220 e. The van der Waals surface area contributed by atoms with Crippen LogP contribution in [0.3, 0.4) is 0 Å². The maximum atomic E-state index is 12.1. The van der Waals surface area contributed by atoms with Crippen molar-refractivity contribution in [3.63, 3.8) is 0 Å². The fourth-order valence-electron chi connectivity index (χ4n) is 3.34. The molecule has 26 heavy (non-hydrogen) atoms. The van der Waals surface area contributed by atoms with Crippen LogP contribution in [-0.2, 0) is 11.3 Å². The van der Waals surface area contributed by atoms with E-state index in [4.69, 9.17) is 4.98 Å². The van der Waals surface area contributed by atoms with Gasteiger partial charge in [0, 0.05) is 13.0 Å². The van der Waals surface area contributed by atoms with Gasteiger partial charge in [0.05, 0.1) is 17.1 Å². The predicted molar refractivity (Wildman–Crippen MR) is 106 cm³/mol. The van der Waals surface area contributed by atoms with E-state index < -0.39 is 0 Å². The summed E-state index contributed by atoms with van der Waals surface area (Å²) in [7, 11) is 0. The van der Waals surface area contributed by atoms with Crippen molar-refractivity contribution in [1.29, 1.82) is 0 Å². The average Bonchev–Trinajstić information content (AvgIpc) is 2.97. The minimum Gasteiger partial charge on any atom is -0.346 e. The van der Waals surface area contributed by atoms with Crippen molar-refractivity contribution in [1.82, 2.24) is 14.9 Å². The molecule has 1 N–H and O–H groups in total. The Bertz CT molecular complexity index is 926. The molecule has 1 amide bonds. The van der Waals surface area contributed by atoms with Gasteiger partial charge in [0.25, 0.3) is 0 Å². The van der Waals surface area contributed by atoms with E-state index in [1.807, 2.05) is 32.0 Å². The van der Waals surface area contributed by atoms with E-state index in [2.05, 4.69) is 48.0 Å². The van der Waals surface area contributed by atoms with Gasteiger partial charge in [-0.1, -0.05) is 42.8 Å². The standard InChI is InChI=1S/C22H27N3O/c1-5-8-21(26)23-17(4)22-24-19-9-6-7-10-20(19)25(22)14-18-13-15(2)11-12-16(18)3/h6-7,9-13,17H,5,8,14H2,1-4H3,(H,23,26)/t17-/m0/s1. The van der Waals surface area contributed by atoms with Crippen molar-refractivity contribution < 1.29 is 4.79 Å². The molecule has 0 saturated heterocycles. The number of hydrogen-bond donors (Lipinski definition) is 1. The van der Waals surface area contributed by atoms with Gasteiger partial charge in [-0.05, 0) is 50.5 Å². The van der Waals surface area contributed by atoms with Crippen molar-refractivity contribution >= 4 is 16.9 Å². The van der Waals surface area contributed by atoms with E-state index in [-0.39, 0.29) is 11.9 Å². The molecule has 2 aromatic carbocycles. The summed E-state index contributed by atoms with van der Waals surface area (Å²) < 4.78 is 2.23. The van der Waals surface area contributed by atoms with Crippen LogP contribution in [0.5, 0.6) is 0 Å². The summed E-state index contributed by atoms with van der Waals surface area (Å²) in [5, 5.41) is 3.09. The Balaban J connectivity index is 2.02. The summed E-state index contributed by atoms with van der Waals surface area (Å²) in [5.41, 5.74) is 5.86. The van der Waals surface area contributed by atoms with Crippen molar-refractivity contribution in [3.05, 3.63) is 65.0 Å². The van der Waals surface area contributed by atoms with Gasteiger partial charge in [-0.15, -0.1) is 0 Å². The first-order valence-electron chi connectivity index (χ1n) is 9.30. The number of fused-ring (bicyclic) bond motifs is 1. The molecule has 0 spiro atoms. The lowest BCUT2D eigenvalue weighted by molar-refractivity contribution is -0.121. The lowest BCUT2D eigenvalue weighted by atomic mass is 10.1. The molecule has 1 atom stereocenters. The maximum absolute atomic E-state index is 12.1. The summed E-state index contributed by atoms with van der Waals surface area (Å²) in [4.78, 5) is 16.9. The highest BCUT2D eigenvalue weighted by Gasteiger charge is 2.18. The minimum atomic E-state index is -0.133. The fraction of sp³-hybridized carbons (Fsp3) is 0.364. The predicted octanol–water partition coefficient (Wildman–Crippen LogP) is 4.68. The van der Waals surface area contributed by atoms with Gasteiger partial charge >= 0.3 is 0 Å². The van der Waals surface area contributed by atoms with Crippen LogP contribution in [0.25, 0.3) is 11.0 Å². The SMILES string of the molecule is CCCC(=O)N[C@@H](C)c1nc2ccccc2n1Cc1cc(C)ccc1C. The van der Waals surface area contributed by atoms with Crippen LogP contribution in [0.4, 0.5) is 0 Å². The van der Waals surface area contributed by atoms with E-state index in [9.17, 15) is 4.79 Å². The highest BCUT2D eigenvalue weighted by atomic mass is 16.1. The highest BCUT2D eigenvalue weighted by Crippen LogP contribution is 2.23. The average molecular weight is 349 g/mol. The van der Waals surface area contributed by atoms with E-state index in [1.165, 1.54) is 16.7 Å². The Hall–Kier alpha value is -2.62. The Morgan fingerprint density at radius 1 is 1.19 bits per heavy atom. The largest absolute Gasteiger partial charge is 0.346 e. The molecule has 0 bridgehead atoms. The van der Waals surface area contributed by atoms with Gasteiger partial charge in [0.2, 0.25) is 5.91 Å². The third kappa shape index (κ3) is 3.79. The number of nitrogens with one attached hydrogen (secondary N) is 1. The number of rotatable bonds is 6. The third-order valence-electron chi connectivity index (χ3n) is 4.76. The first kappa shape index (κ1) is 18.2. The number of carbonyl (C=O) groups is 1. The molecular formula is C22H27N3O. The number of aromatic nitrogens is 2. The zero-order valence-electron chi connectivity index (χ0n) is 16.0. The molecule has 4 nitrogen and oxygen atoms in total. The Labute approximate surface area is 155 Å². The molecule has 0 fully saturated rings. The number of imidazole rings is 1. The highest BCUT2D eigenvalue weighted by molar-refractivity contribution is 5.78. The van der Waals surface area contributed by atoms with Crippen molar-refractivity contribution in [2.24, 2.45) is 0 Å². The topological polar surface area (TPSA) is 46.9 Å². The monoisotopic (exact) mass is 349 g/mol. The van der Waals surface area contributed by atoms with Gasteiger partial charge in [-0.3, -0.25) is 4.79 Å².